The lowest BCUT2D eigenvalue weighted by Gasteiger charge is -1.98. The molecule has 0 saturated carbocycles. The molecule has 0 amide bonds. The van der Waals surface area contributed by atoms with Crippen LogP contribution in [0.25, 0.3) is 0 Å². The predicted molar refractivity (Wildman–Crippen MR) is 75.5 cm³/mol. The first-order chi connectivity index (χ1) is 7.91. The fraction of sp³-hybridized carbons (Fsp3) is 0.688. The van der Waals surface area contributed by atoms with Gasteiger partial charge in [-0.2, -0.15) is 0 Å². The summed E-state index contributed by atoms with van der Waals surface area (Å²) in [7, 11) is 0. The molecule has 0 aromatic carbocycles. The number of unbranched alkanes of at least 4 members (excludes halogenated alkanes) is 8. The maximum atomic E-state index is 3.84. The Balaban J connectivity index is 3.00. The van der Waals surface area contributed by atoms with Crippen LogP contribution in [0, 0.1) is 6.92 Å². The van der Waals surface area contributed by atoms with Gasteiger partial charge in [-0.05, 0) is 45.4 Å². The van der Waals surface area contributed by atoms with Gasteiger partial charge in [-0.3, -0.25) is 0 Å². The number of allylic oxidation sites excluding steroid dienone is 4. The number of hydrogen-bond acceptors (Lipinski definition) is 0. The lowest BCUT2D eigenvalue weighted by atomic mass is 10.1. The highest BCUT2D eigenvalue weighted by Crippen LogP contribution is 2.08. The fourth-order valence-corrected chi connectivity index (χ4v) is 1.72. The number of rotatable bonds is 11. The van der Waals surface area contributed by atoms with Crippen LogP contribution >= 0.6 is 0 Å². The fourth-order valence-electron chi connectivity index (χ4n) is 1.72. The molecule has 0 rings (SSSR count). The van der Waals surface area contributed by atoms with Crippen LogP contribution in [0.2, 0.25) is 0 Å². The van der Waals surface area contributed by atoms with Crippen LogP contribution < -0.4 is 0 Å². The van der Waals surface area contributed by atoms with Crippen molar-refractivity contribution >= 4 is 0 Å². The van der Waals surface area contributed by atoms with Crippen molar-refractivity contribution < 1.29 is 0 Å². The first kappa shape index (κ1) is 15.5. The van der Waals surface area contributed by atoms with Crippen molar-refractivity contribution in [2.75, 3.05) is 0 Å². The Morgan fingerprint density at radius 3 is 1.75 bits per heavy atom. The van der Waals surface area contributed by atoms with Gasteiger partial charge in [-0.15, -0.1) is 0 Å². The summed E-state index contributed by atoms with van der Waals surface area (Å²) in [4.78, 5) is 0. The first-order valence-electron chi connectivity index (χ1n) is 6.97. The standard InChI is InChI=1S/C16H29/c1-3-5-7-9-11-13-15-16-14-12-10-8-6-4-2/h4,6,9,11H,1,3,5,7-8,10,12-16H2,2H3. The van der Waals surface area contributed by atoms with E-state index in [0.717, 1.165) is 6.42 Å². The van der Waals surface area contributed by atoms with E-state index >= 15 is 0 Å². The molecule has 93 valence electrons. The molecule has 0 bridgehead atoms. The Hall–Kier alpha value is -0.520. The highest BCUT2D eigenvalue weighted by molar-refractivity contribution is 4.81. The third kappa shape index (κ3) is 13.5. The quantitative estimate of drug-likeness (QED) is 0.303. The Labute approximate surface area is 103 Å². The predicted octanol–water partition coefficient (Wildman–Crippen LogP) is 5.85. The summed E-state index contributed by atoms with van der Waals surface area (Å²) < 4.78 is 0. The van der Waals surface area contributed by atoms with E-state index in [1.807, 2.05) is 0 Å². The minimum absolute atomic E-state index is 1.07. The molecule has 0 saturated heterocycles. The molecule has 0 heterocycles. The van der Waals surface area contributed by atoms with E-state index in [-0.39, 0.29) is 0 Å². The first-order valence-corrected chi connectivity index (χ1v) is 6.97. The van der Waals surface area contributed by atoms with Crippen LogP contribution in [0.5, 0.6) is 0 Å². The van der Waals surface area contributed by atoms with E-state index in [2.05, 4.69) is 38.2 Å². The number of hydrogen-bond donors (Lipinski definition) is 0. The van der Waals surface area contributed by atoms with Crippen LogP contribution in [0.15, 0.2) is 24.3 Å². The molecule has 0 aromatic rings. The zero-order valence-electron chi connectivity index (χ0n) is 11.1. The molecule has 0 spiro atoms. The van der Waals surface area contributed by atoms with Crippen molar-refractivity contribution in [2.45, 2.75) is 71.1 Å². The molecule has 0 unspecified atom stereocenters. The second-order valence-corrected chi connectivity index (χ2v) is 4.38. The van der Waals surface area contributed by atoms with E-state index in [4.69, 9.17) is 0 Å². The van der Waals surface area contributed by atoms with Crippen molar-refractivity contribution in [3.63, 3.8) is 0 Å². The van der Waals surface area contributed by atoms with Gasteiger partial charge >= 0.3 is 0 Å². The van der Waals surface area contributed by atoms with Gasteiger partial charge in [0.25, 0.3) is 0 Å². The van der Waals surface area contributed by atoms with E-state index in [1.54, 1.807) is 0 Å². The molecule has 0 aliphatic heterocycles. The topological polar surface area (TPSA) is 0 Å². The van der Waals surface area contributed by atoms with Gasteiger partial charge in [0, 0.05) is 0 Å². The molecular formula is C16H29. The summed E-state index contributed by atoms with van der Waals surface area (Å²) in [5.74, 6) is 0. The molecule has 0 atom stereocenters. The largest absolute Gasteiger partial charge is 0.0917 e. The van der Waals surface area contributed by atoms with Gasteiger partial charge in [0.1, 0.15) is 0 Å². The second kappa shape index (κ2) is 14.5. The van der Waals surface area contributed by atoms with Crippen molar-refractivity contribution in [1.29, 1.82) is 0 Å². The van der Waals surface area contributed by atoms with E-state index in [1.165, 1.54) is 57.8 Å². The van der Waals surface area contributed by atoms with E-state index in [9.17, 15) is 0 Å². The van der Waals surface area contributed by atoms with Gasteiger partial charge in [0.2, 0.25) is 0 Å². The summed E-state index contributed by atoms with van der Waals surface area (Å²) in [5, 5.41) is 0. The zero-order chi connectivity index (χ0) is 11.9. The van der Waals surface area contributed by atoms with Crippen LogP contribution in [0.4, 0.5) is 0 Å². The van der Waals surface area contributed by atoms with Crippen molar-refractivity contribution in [3.8, 4) is 0 Å². The van der Waals surface area contributed by atoms with Gasteiger partial charge in [-0.25, -0.2) is 0 Å². The summed E-state index contributed by atoms with van der Waals surface area (Å²) in [6.07, 6.45) is 22.1. The SMILES string of the molecule is [CH2]CCCC=CCCCCCCCC=CC. The van der Waals surface area contributed by atoms with Gasteiger partial charge < -0.3 is 0 Å². The Morgan fingerprint density at radius 1 is 0.688 bits per heavy atom. The summed E-state index contributed by atoms with van der Waals surface area (Å²) in [5.41, 5.74) is 0. The molecule has 0 aromatic heterocycles. The van der Waals surface area contributed by atoms with Crippen LogP contribution in [0.3, 0.4) is 0 Å². The molecular weight excluding hydrogens is 192 g/mol. The maximum Gasteiger partial charge on any atom is -0.0351 e. The highest BCUT2D eigenvalue weighted by atomic mass is 13.9. The summed E-state index contributed by atoms with van der Waals surface area (Å²) in [6.45, 7) is 5.93. The monoisotopic (exact) mass is 221 g/mol. The lowest BCUT2D eigenvalue weighted by Crippen LogP contribution is -1.78. The van der Waals surface area contributed by atoms with Crippen molar-refractivity contribution in [3.05, 3.63) is 31.2 Å². The average Bonchev–Trinajstić information content (AvgIpc) is 2.31. The summed E-state index contributed by atoms with van der Waals surface area (Å²) >= 11 is 0. The average molecular weight is 221 g/mol. The molecule has 0 fully saturated rings. The third-order valence-corrected chi connectivity index (χ3v) is 2.76. The molecule has 0 heteroatoms. The van der Waals surface area contributed by atoms with Gasteiger partial charge in [0.05, 0.1) is 0 Å². The smallest absolute Gasteiger partial charge is 0.0351 e. The van der Waals surface area contributed by atoms with E-state index in [0.29, 0.717) is 0 Å². The second-order valence-electron chi connectivity index (χ2n) is 4.38. The normalized spacial score (nSPS) is 11.9. The third-order valence-electron chi connectivity index (χ3n) is 2.76. The summed E-state index contributed by atoms with van der Waals surface area (Å²) in [6, 6.07) is 0. The van der Waals surface area contributed by atoms with Crippen LogP contribution in [-0.4, -0.2) is 0 Å². The molecule has 0 N–H and O–H groups in total. The maximum absolute atomic E-state index is 3.84. The van der Waals surface area contributed by atoms with Gasteiger partial charge in [-0.1, -0.05) is 56.9 Å². The molecule has 1 radical (unpaired) electrons. The molecule has 16 heavy (non-hydrogen) atoms. The van der Waals surface area contributed by atoms with Crippen LogP contribution in [-0.2, 0) is 0 Å². The van der Waals surface area contributed by atoms with Crippen LogP contribution in [0.1, 0.15) is 71.1 Å². The lowest BCUT2D eigenvalue weighted by molar-refractivity contribution is 0.621. The molecule has 0 aliphatic rings. The Kier molecular flexibility index (Phi) is 14.0. The van der Waals surface area contributed by atoms with Crippen molar-refractivity contribution in [1.82, 2.24) is 0 Å². The Morgan fingerprint density at radius 2 is 1.19 bits per heavy atom. The minimum atomic E-state index is 1.07. The van der Waals surface area contributed by atoms with E-state index < -0.39 is 0 Å². The van der Waals surface area contributed by atoms with Gasteiger partial charge in [0.15, 0.2) is 0 Å². The van der Waals surface area contributed by atoms with Crippen molar-refractivity contribution in [2.24, 2.45) is 0 Å². The minimum Gasteiger partial charge on any atom is -0.0917 e. The zero-order valence-corrected chi connectivity index (χ0v) is 11.1. The molecule has 0 aliphatic carbocycles. The Bertz CT molecular complexity index is 165. The highest BCUT2D eigenvalue weighted by Gasteiger charge is 1.88. The molecule has 0 nitrogen and oxygen atoms in total.